The number of ether oxygens (including phenoxy) is 1. The molecule has 0 aromatic heterocycles. The summed E-state index contributed by atoms with van der Waals surface area (Å²) >= 11 is 0. The highest BCUT2D eigenvalue weighted by molar-refractivity contribution is 5.94. The summed E-state index contributed by atoms with van der Waals surface area (Å²) in [5.41, 5.74) is 2.24. The second kappa shape index (κ2) is 11.6. The number of aliphatic hydroxyl groups excluding tert-OH is 1. The number of nitrogens with one attached hydrogen (secondary N) is 1. The number of para-hydroxylation sites is 1. The van der Waals surface area contributed by atoms with E-state index in [2.05, 4.69) is 11.9 Å². The SMILES string of the molecule is C=C/C=C(OCC)/C(C)=C/C(=C\C(O)=C/C)C(C)C(=O)Nc1ccccc1. The maximum absolute atomic E-state index is 12.7. The van der Waals surface area contributed by atoms with Crippen LogP contribution in [0.5, 0.6) is 0 Å². The summed E-state index contributed by atoms with van der Waals surface area (Å²) in [6.45, 7) is 11.6. The van der Waals surface area contributed by atoms with E-state index in [1.807, 2.05) is 50.3 Å². The molecule has 144 valence electrons. The van der Waals surface area contributed by atoms with Crippen molar-refractivity contribution in [2.24, 2.45) is 5.92 Å². The Labute approximate surface area is 162 Å². The summed E-state index contributed by atoms with van der Waals surface area (Å²) < 4.78 is 5.63. The molecule has 1 amide bonds. The van der Waals surface area contributed by atoms with Crippen molar-refractivity contribution in [3.05, 3.63) is 90.0 Å². The first kappa shape index (κ1) is 22.0. The molecule has 2 N–H and O–H groups in total. The average Bonchev–Trinajstić information content (AvgIpc) is 2.67. The van der Waals surface area contributed by atoms with Gasteiger partial charge in [0, 0.05) is 5.69 Å². The van der Waals surface area contributed by atoms with Gasteiger partial charge in [0.15, 0.2) is 0 Å². The van der Waals surface area contributed by atoms with Gasteiger partial charge in [-0.2, -0.15) is 0 Å². The van der Waals surface area contributed by atoms with Crippen LogP contribution in [-0.4, -0.2) is 17.6 Å². The Morgan fingerprint density at radius 1 is 1.30 bits per heavy atom. The van der Waals surface area contributed by atoms with Gasteiger partial charge >= 0.3 is 0 Å². The molecule has 1 atom stereocenters. The molecular weight excluding hydrogens is 338 g/mol. The number of hydrogen-bond donors (Lipinski definition) is 2. The lowest BCUT2D eigenvalue weighted by Crippen LogP contribution is -2.22. The third-order valence-electron chi connectivity index (χ3n) is 3.89. The third-order valence-corrected chi connectivity index (χ3v) is 3.89. The van der Waals surface area contributed by atoms with Crippen LogP contribution in [0.4, 0.5) is 5.69 Å². The van der Waals surface area contributed by atoms with Crippen molar-refractivity contribution < 1.29 is 14.6 Å². The van der Waals surface area contributed by atoms with Gasteiger partial charge in [0.1, 0.15) is 11.5 Å². The van der Waals surface area contributed by atoms with Crippen LogP contribution >= 0.6 is 0 Å². The first-order valence-corrected chi connectivity index (χ1v) is 8.99. The number of anilines is 1. The van der Waals surface area contributed by atoms with Crippen molar-refractivity contribution in [2.45, 2.75) is 27.7 Å². The maximum atomic E-state index is 12.7. The topological polar surface area (TPSA) is 58.6 Å². The fourth-order valence-electron chi connectivity index (χ4n) is 2.35. The number of amides is 1. The number of hydrogen-bond acceptors (Lipinski definition) is 3. The van der Waals surface area contributed by atoms with E-state index in [0.717, 1.165) is 11.3 Å². The molecule has 0 aliphatic heterocycles. The third kappa shape index (κ3) is 7.40. The molecule has 1 unspecified atom stereocenters. The average molecular weight is 367 g/mol. The maximum Gasteiger partial charge on any atom is 0.231 e. The molecule has 1 aromatic carbocycles. The smallest absolute Gasteiger partial charge is 0.231 e. The first-order valence-electron chi connectivity index (χ1n) is 8.99. The standard InChI is InChI=1S/C23H29NO3/c1-6-12-22(27-8-3)17(4)15-19(16-21(25)7-2)18(5)23(26)24-20-13-10-9-11-14-20/h6-7,9-16,18,25H,1,8H2,2-5H3,(H,24,26)/b17-15+,19-16+,21-7+,22-12-. The fourth-order valence-corrected chi connectivity index (χ4v) is 2.35. The Morgan fingerprint density at radius 3 is 2.52 bits per heavy atom. The fraction of sp³-hybridized carbons (Fsp3) is 0.261. The molecule has 0 saturated carbocycles. The van der Waals surface area contributed by atoms with Crippen molar-refractivity contribution in [3.63, 3.8) is 0 Å². The molecule has 1 aromatic rings. The summed E-state index contributed by atoms with van der Waals surface area (Å²) in [6.07, 6.45) is 8.45. The molecule has 0 fully saturated rings. The Balaban J connectivity index is 3.18. The minimum absolute atomic E-state index is 0.0964. The van der Waals surface area contributed by atoms with E-state index in [-0.39, 0.29) is 11.7 Å². The lowest BCUT2D eigenvalue weighted by atomic mass is 9.96. The predicted octanol–water partition coefficient (Wildman–Crippen LogP) is 5.70. The van der Waals surface area contributed by atoms with Crippen LogP contribution in [-0.2, 0) is 9.53 Å². The van der Waals surface area contributed by atoms with Gasteiger partial charge in [-0.25, -0.2) is 0 Å². The quantitative estimate of drug-likeness (QED) is 0.435. The molecule has 27 heavy (non-hydrogen) atoms. The van der Waals surface area contributed by atoms with Gasteiger partial charge in [-0.3, -0.25) is 4.79 Å². The summed E-state index contributed by atoms with van der Waals surface area (Å²) in [5, 5.41) is 12.9. The Morgan fingerprint density at radius 2 is 1.96 bits per heavy atom. The molecule has 0 bridgehead atoms. The van der Waals surface area contributed by atoms with E-state index in [1.54, 1.807) is 38.2 Å². The molecule has 0 heterocycles. The monoisotopic (exact) mass is 367 g/mol. The van der Waals surface area contributed by atoms with E-state index in [4.69, 9.17) is 4.74 Å². The van der Waals surface area contributed by atoms with Gasteiger partial charge in [0.05, 0.1) is 12.5 Å². The Bertz CT molecular complexity index is 755. The van der Waals surface area contributed by atoms with Crippen LogP contribution in [0.15, 0.2) is 90.0 Å². The number of aliphatic hydroxyl groups is 1. The van der Waals surface area contributed by atoms with Gasteiger partial charge in [0.25, 0.3) is 0 Å². The minimum atomic E-state index is -0.478. The van der Waals surface area contributed by atoms with Crippen LogP contribution < -0.4 is 5.32 Å². The molecular formula is C23H29NO3. The van der Waals surface area contributed by atoms with E-state index >= 15 is 0 Å². The highest BCUT2D eigenvalue weighted by atomic mass is 16.5. The number of carbonyl (C=O) groups is 1. The molecule has 0 radical (unpaired) electrons. The largest absolute Gasteiger partial charge is 0.508 e. The number of allylic oxidation sites excluding steroid dienone is 6. The van der Waals surface area contributed by atoms with E-state index < -0.39 is 5.92 Å². The van der Waals surface area contributed by atoms with Gasteiger partial charge < -0.3 is 15.2 Å². The van der Waals surface area contributed by atoms with Crippen molar-refractivity contribution in [1.82, 2.24) is 0 Å². The van der Waals surface area contributed by atoms with E-state index in [1.165, 1.54) is 0 Å². The zero-order valence-electron chi connectivity index (χ0n) is 16.5. The number of rotatable bonds is 9. The van der Waals surface area contributed by atoms with Gasteiger partial charge in [-0.15, -0.1) is 0 Å². The highest BCUT2D eigenvalue weighted by Gasteiger charge is 2.18. The molecule has 0 spiro atoms. The number of benzene rings is 1. The number of carbonyl (C=O) groups excluding carboxylic acids is 1. The van der Waals surface area contributed by atoms with Crippen LogP contribution in [0.2, 0.25) is 0 Å². The summed E-state index contributed by atoms with van der Waals surface area (Å²) in [5.74, 6) is 0.132. The Hall–Kier alpha value is -3.01. The van der Waals surface area contributed by atoms with E-state index in [9.17, 15) is 9.90 Å². The Kier molecular flexibility index (Phi) is 9.45. The molecule has 4 nitrogen and oxygen atoms in total. The normalized spacial score (nSPS) is 14.5. The second-order valence-corrected chi connectivity index (χ2v) is 5.96. The van der Waals surface area contributed by atoms with Gasteiger partial charge in [-0.05, 0) is 69.2 Å². The van der Waals surface area contributed by atoms with Gasteiger partial charge in [-0.1, -0.05) is 36.9 Å². The van der Waals surface area contributed by atoms with Crippen molar-refractivity contribution in [1.29, 1.82) is 0 Å². The lowest BCUT2D eigenvalue weighted by Gasteiger charge is -2.16. The zero-order valence-corrected chi connectivity index (χ0v) is 16.5. The molecule has 0 aliphatic carbocycles. The van der Waals surface area contributed by atoms with Crippen molar-refractivity contribution >= 4 is 11.6 Å². The summed E-state index contributed by atoms with van der Waals surface area (Å²) in [7, 11) is 0. The molecule has 4 heteroatoms. The lowest BCUT2D eigenvalue weighted by molar-refractivity contribution is -0.118. The molecule has 1 rings (SSSR count). The second-order valence-electron chi connectivity index (χ2n) is 5.96. The minimum Gasteiger partial charge on any atom is -0.508 e. The van der Waals surface area contributed by atoms with Crippen LogP contribution in [0.3, 0.4) is 0 Å². The van der Waals surface area contributed by atoms with Crippen LogP contribution in [0.25, 0.3) is 0 Å². The molecule has 0 saturated heterocycles. The summed E-state index contributed by atoms with van der Waals surface area (Å²) in [4.78, 5) is 12.7. The zero-order chi connectivity index (χ0) is 20.2. The van der Waals surface area contributed by atoms with Crippen molar-refractivity contribution in [2.75, 3.05) is 11.9 Å². The highest BCUT2D eigenvalue weighted by Crippen LogP contribution is 2.22. The van der Waals surface area contributed by atoms with Gasteiger partial charge in [0.2, 0.25) is 5.91 Å². The predicted molar refractivity (Wildman–Crippen MR) is 112 cm³/mol. The summed E-state index contributed by atoms with van der Waals surface area (Å²) in [6, 6.07) is 9.28. The van der Waals surface area contributed by atoms with Crippen LogP contribution in [0, 0.1) is 5.92 Å². The first-order chi connectivity index (χ1) is 12.9. The van der Waals surface area contributed by atoms with Crippen molar-refractivity contribution in [3.8, 4) is 0 Å². The van der Waals surface area contributed by atoms with E-state index in [0.29, 0.717) is 17.9 Å². The van der Waals surface area contributed by atoms with Crippen LogP contribution in [0.1, 0.15) is 27.7 Å². The molecule has 0 aliphatic rings.